The van der Waals surface area contributed by atoms with Crippen LogP contribution in [0.1, 0.15) is 10.6 Å². The number of furan rings is 1. The number of benzene rings is 2. The Hall–Kier alpha value is -2.80. The molecule has 7 heteroatoms. The Bertz CT molecular complexity index is 1020. The third-order valence-electron chi connectivity index (χ3n) is 4.61. The molecule has 1 amide bonds. The Morgan fingerprint density at radius 1 is 1.21 bits per heavy atom. The van der Waals surface area contributed by atoms with E-state index in [9.17, 15) is 9.90 Å². The van der Waals surface area contributed by atoms with Gasteiger partial charge in [0.2, 0.25) is 0 Å². The number of carbonyl (C=O) groups is 1. The van der Waals surface area contributed by atoms with Crippen LogP contribution in [0.5, 0.6) is 5.75 Å². The summed E-state index contributed by atoms with van der Waals surface area (Å²) in [6, 6.07) is 16.5. The third kappa shape index (κ3) is 3.62. The third-order valence-corrected chi connectivity index (χ3v) is 4.84. The molecular weight excluding hydrogens is 380 g/mol. The molecule has 1 aliphatic heterocycles. The second kappa shape index (κ2) is 7.67. The number of aliphatic hydroxyl groups excluding tert-OH is 1. The predicted molar refractivity (Wildman–Crippen MR) is 106 cm³/mol. The van der Waals surface area contributed by atoms with E-state index in [1.165, 1.54) is 4.90 Å². The standard InChI is InChI=1S/C21H19ClN2O4/c1-27-16-7-3-5-14(9-16)20-17(13-4-2-6-15(22)8-13)10-18(28-20)21(26)24-11-19(25)23-12-24/h2-10,19,23,25H,11-12H2,1H3. The molecule has 2 heterocycles. The fraction of sp³-hybridized carbons (Fsp3) is 0.190. The first kappa shape index (κ1) is 18.6. The summed E-state index contributed by atoms with van der Waals surface area (Å²) in [7, 11) is 1.60. The smallest absolute Gasteiger partial charge is 0.290 e. The van der Waals surface area contributed by atoms with Crippen molar-refractivity contribution in [3.63, 3.8) is 0 Å². The summed E-state index contributed by atoms with van der Waals surface area (Å²) >= 11 is 6.17. The summed E-state index contributed by atoms with van der Waals surface area (Å²) in [6.07, 6.45) is -0.732. The van der Waals surface area contributed by atoms with Gasteiger partial charge in [0.25, 0.3) is 5.91 Å². The van der Waals surface area contributed by atoms with E-state index < -0.39 is 6.23 Å². The Kier molecular flexibility index (Phi) is 5.09. The lowest BCUT2D eigenvalue weighted by atomic mass is 10.0. The minimum atomic E-state index is -0.732. The Balaban J connectivity index is 1.81. The molecule has 28 heavy (non-hydrogen) atoms. The van der Waals surface area contributed by atoms with E-state index in [1.807, 2.05) is 42.5 Å². The topological polar surface area (TPSA) is 74.9 Å². The van der Waals surface area contributed by atoms with Crippen LogP contribution in [0, 0.1) is 0 Å². The quantitative estimate of drug-likeness (QED) is 0.702. The fourth-order valence-electron chi connectivity index (χ4n) is 3.21. The molecular formula is C21H19ClN2O4. The van der Waals surface area contributed by atoms with Gasteiger partial charge in [0.1, 0.15) is 17.7 Å². The van der Waals surface area contributed by atoms with Crippen LogP contribution in [0.25, 0.3) is 22.5 Å². The monoisotopic (exact) mass is 398 g/mol. The molecule has 2 aromatic carbocycles. The summed E-state index contributed by atoms with van der Waals surface area (Å²) in [5, 5.41) is 13.0. The summed E-state index contributed by atoms with van der Waals surface area (Å²) in [4.78, 5) is 14.3. The zero-order chi connectivity index (χ0) is 19.7. The molecule has 1 atom stereocenters. The molecule has 4 rings (SSSR count). The Labute approximate surface area is 167 Å². The average Bonchev–Trinajstić information content (AvgIpc) is 3.34. The van der Waals surface area contributed by atoms with Gasteiger partial charge in [-0.1, -0.05) is 35.9 Å². The highest BCUT2D eigenvalue weighted by Gasteiger charge is 2.28. The van der Waals surface area contributed by atoms with Crippen LogP contribution < -0.4 is 10.1 Å². The molecule has 6 nitrogen and oxygen atoms in total. The normalized spacial score (nSPS) is 16.4. The summed E-state index contributed by atoms with van der Waals surface area (Å²) < 4.78 is 11.3. The number of methoxy groups -OCH3 is 1. The molecule has 0 radical (unpaired) electrons. The van der Waals surface area contributed by atoms with E-state index in [0.29, 0.717) is 16.5 Å². The van der Waals surface area contributed by atoms with Gasteiger partial charge in [0.15, 0.2) is 5.76 Å². The molecule has 2 N–H and O–H groups in total. The molecule has 1 aromatic heterocycles. The van der Waals surface area contributed by atoms with Crippen molar-refractivity contribution >= 4 is 17.5 Å². The number of nitrogens with one attached hydrogen (secondary N) is 1. The molecule has 144 valence electrons. The zero-order valence-corrected chi connectivity index (χ0v) is 15.9. The molecule has 0 bridgehead atoms. The predicted octanol–water partition coefficient (Wildman–Crippen LogP) is 3.60. The van der Waals surface area contributed by atoms with E-state index in [1.54, 1.807) is 19.2 Å². The second-order valence-corrected chi connectivity index (χ2v) is 6.94. The van der Waals surface area contributed by atoms with Gasteiger partial charge in [-0.2, -0.15) is 0 Å². The minimum Gasteiger partial charge on any atom is -0.497 e. The first-order valence-corrected chi connectivity index (χ1v) is 9.18. The molecule has 1 unspecified atom stereocenters. The number of β-amino-alcohol motifs (C(OH)–C–C–N with tert-alkyl or cyclic N) is 1. The summed E-state index contributed by atoms with van der Waals surface area (Å²) in [6.45, 7) is 0.474. The molecule has 1 aliphatic rings. The molecule has 1 fully saturated rings. The minimum absolute atomic E-state index is 0.198. The van der Waals surface area contributed by atoms with Crippen molar-refractivity contribution < 1.29 is 19.1 Å². The van der Waals surface area contributed by atoms with Gasteiger partial charge in [-0.25, -0.2) is 0 Å². The van der Waals surface area contributed by atoms with Crippen LogP contribution in [-0.2, 0) is 0 Å². The van der Waals surface area contributed by atoms with Gasteiger partial charge in [0, 0.05) is 16.1 Å². The van der Waals surface area contributed by atoms with Crippen LogP contribution in [0.4, 0.5) is 0 Å². The summed E-state index contributed by atoms with van der Waals surface area (Å²) in [5.41, 5.74) is 2.38. The largest absolute Gasteiger partial charge is 0.497 e. The Morgan fingerprint density at radius 3 is 2.71 bits per heavy atom. The van der Waals surface area contributed by atoms with Crippen LogP contribution in [0.2, 0.25) is 5.02 Å². The highest BCUT2D eigenvalue weighted by molar-refractivity contribution is 6.30. The number of hydrogen-bond acceptors (Lipinski definition) is 5. The number of rotatable bonds is 4. The first-order chi connectivity index (χ1) is 13.5. The highest BCUT2D eigenvalue weighted by atomic mass is 35.5. The van der Waals surface area contributed by atoms with E-state index >= 15 is 0 Å². The van der Waals surface area contributed by atoms with Crippen molar-refractivity contribution in [2.24, 2.45) is 0 Å². The van der Waals surface area contributed by atoms with Crippen molar-refractivity contribution in [1.82, 2.24) is 10.2 Å². The number of nitrogens with zero attached hydrogens (tertiary/aromatic N) is 1. The van der Waals surface area contributed by atoms with Gasteiger partial charge in [-0.05, 0) is 35.9 Å². The van der Waals surface area contributed by atoms with Gasteiger partial charge >= 0.3 is 0 Å². The van der Waals surface area contributed by atoms with Crippen molar-refractivity contribution in [3.8, 4) is 28.2 Å². The van der Waals surface area contributed by atoms with Crippen molar-refractivity contribution in [3.05, 3.63) is 65.4 Å². The first-order valence-electron chi connectivity index (χ1n) is 8.80. The van der Waals surface area contributed by atoms with Crippen molar-refractivity contribution in [1.29, 1.82) is 0 Å². The SMILES string of the molecule is COc1cccc(-c2oc(C(=O)N3CNC(O)C3)cc2-c2cccc(Cl)c2)c1. The van der Waals surface area contributed by atoms with E-state index in [4.69, 9.17) is 20.8 Å². The molecule has 1 saturated heterocycles. The highest BCUT2D eigenvalue weighted by Crippen LogP contribution is 2.37. The van der Waals surface area contributed by atoms with Gasteiger partial charge in [0.05, 0.1) is 20.3 Å². The Morgan fingerprint density at radius 2 is 2.00 bits per heavy atom. The fourth-order valence-corrected chi connectivity index (χ4v) is 3.40. The van der Waals surface area contributed by atoms with E-state index in [2.05, 4.69) is 5.32 Å². The zero-order valence-electron chi connectivity index (χ0n) is 15.2. The molecule has 0 saturated carbocycles. The number of carbonyl (C=O) groups excluding carboxylic acids is 1. The number of ether oxygens (including phenoxy) is 1. The average molecular weight is 399 g/mol. The molecule has 0 spiro atoms. The molecule has 3 aromatic rings. The number of hydrogen-bond donors (Lipinski definition) is 2. The van der Waals surface area contributed by atoms with Crippen LogP contribution in [0.3, 0.4) is 0 Å². The van der Waals surface area contributed by atoms with Crippen molar-refractivity contribution in [2.75, 3.05) is 20.3 Å². The maximum atomic E-state index is 12.8. The lowest BCUT2D eigenvalue weighted by Crippen LogP contribution is -2.29. The van der Waals surface area contributed by atoms with Crippen molar-refractivity contribution in [2.45, 2.75) is 6.23 Å². The number of aliphatic hydroxyl groups is 1. The van der Waals surface area contributed by atoms with E-state index in [0.717, 1.165) is 16.7 Å². The van der Waals surface area contributed by atoms with Crippen LogP contribution >= 0.6 is 11.6 Å². The maximum absolute atomic E-state index is 12.8. The number of halogens is 1. The van der Waals surface area contributed by atoms with E-state index in [-0.39, 0.29) is 24.9 Å². The van der Waals surface area contributed by atoms with Gasteiger partial charge < -0.3 is 19.2 Å². The van der Waals surface area contributed by atoms with Gasteiger partial charge in [-0.3, -0.25) is 10.1 Å². The van der Waals surface area contributed by atoms with Crippen LogP contribution in [0.15, 0.2) is 59.0 Å². The maximum Gasteiger partial charge on any atom is 0.290 e. The second-order valence-electron chi connectivity index (χ2n) is 6.50. The number of amides is 1. The summed E-state index contributed by atoms with van der Waals surface area (Å²) in [5.74, 6) is 1.15. The van der Waals surface area contributed by atoms with Gasteiger partial charge in [-0.15, -0.1) is 0 Å². The lowest BCUT2D eigenvalue weighted by Gasteiger charge is -2.11. The lowest BCUT2D eigenvalue weighted by molar-refractivity contribution is 0.0734. The van der Waals surface area contributed by atoms with Crippen LogP contribution in [-0.4, -0.2) is 42.5 Å². The molecule has 0 aliphatic carbocycles.